The molecule has 0 radical (unpaired) electrons. The van der Waals surface area contributed by atoms with Crippen LogP contribution in [0.2, 0.25) is 0 Å². The number of carboxylic acid groups (broad SMARTS) is 1. The van der Waals surface area contributed by atoms with E-state index in [1.807, 2.05) is 0 Å². The first-order valence-corrected chi connectivity index (χ1v) is 4.73. The molecule has 6 heteroatoms. The van der Waals surface area contributed by atoms with E-state index in [0.717, 1.165) is 0 Å². The Bertz CT molecular complexity index is 559. The predicted octanol–water partition coefficient (Wildman–Crippen LogP) is 2.23. The zero-order valence-corrected chi connectivity index (χ0v) is 8.82. The zero-order chi connectivity index (χ0) is 11.0. The van der Waals surface area contributed by atoms with E-state index in [9.17, 15) is 9.18 Å². The Morgan fingerprint density at radius 3 is 2.73 bits per heavy atom. The molecule has 1 aromatic carbocycles. The van der Waals surface area contributed by atoms with Crippen molar-refractivity contribution in [1.82, 2.24) is 10.2 Å². The fourth-order valence-corrected chi connectivity index (χ4v) is 1.63. The van der Waals surface area contributed by atoms with E-state index in [0.29, 0.717) is 9.86 Å². The van der Waals surface area contributed by atoms with Crippen LogP contribution < -0.4 is 0 Å². The lowest BCUT2D eigenvalue weighted by molar-refractivity contribution is 0.0689. The van der Waals surface area contributed by atoms with E-state index < -0.39 is 11.8 Å². The quantitative estimate of drug-likeness (QED) is 0.863. The molecule has 2 rings (SSSR count). The molecule has 0 saturated heterocycles. The van der Waals surface area contributed by atoms with Crippen LogP contribution in [-0.2, 0) is 0 Å². The topological polar surface area (TPSA) is 63.1 Å². The van der Waals surface area contributed by atoms with E-state index in [1.54, 1.807) is 6.07 Å². The minimum absolute atomic E-state index is 0.0585. The number of carboxylic acids is 1. The minimum atomic E-state index is -1.19. The largest absolute Gasteiger partial charge is 0.476 e. The monoisotopic (exact) mass is 270 g/mol. The predicted molar refractivity (Wildman–Crippen MR) is 54.2 cm³/mol. The molecule has 2 aromatic rings. The first-order valence-electron chi connectivity index (χ1n) is 3.93. The molecule has 0 aliphatic heterocycles. The van der Waals surface area contributed by atoms with Crippen LogP contribution in [0.5, 0.6) is 0 Å². The summed E-state index contributed by atoms with van der Waals surface area (Å²) < 4.78 is 13.8. The maximum atomic E-state index is 13.3. The Balaban J connectivity index is 2.76. The van der Waals surface area contributed by atoms with Gasteiger partial charge in [0.1, 0.15) is 5.52 Å². The molecule has 0 amide bonds. The normalized spacial score (nSPS) is 10.5. The van der Waals surface area contributed by atoms with Crippen LogP contribution >= 0.6 is 15.9 Å². The molecule has 0 fully saturated rings. The molecule has 76 valence electrons. The molecular formula is C9H4BrFN2O2. The van der Waals surface area contributed by atoms with Gasteiger partial charge in [-0.25, -0.2) is 9.18 Å². The van der Waals surface area contributed by atoms with Gasteiger partial charge in [0.2, 0.25) is 0 Å². The third-order valence-corrected chi connectivity index (χ3v) is 2.28. The first kappa shape index (κ1) is 9.97. The number of nitrogens with zero attached hydrogens (tertiary/aromatic N) is 2. The van der Waals surface area contributed by atoms with E-state index in [2.05, 4.69) is 26.1 Å². The highest BCUT2D eigenvalue weighted by molar-refractivity contribution is 9.10. The average Bonchev–Trinajstić information content (AvgIpc) is 2.16. The average molecular weight is 271 g/mol. The maximum absolute atomic E-state index is 13.3. The molecule has 0 aliphatic rings. The van der Waals surface area contributed by atoms with Crippen LogP contribution in [0.3, 0.4) is 0 Å². The molecule has 1 aromatic heterocycles. The molecule has 4 nitrogen and oxygen atoms in total. The lowest BCUT2D eigenvalue weighted by Gasteiger charge is -2.00. The number of aromatic carboxylic acids is 1. The number of rotatable bonds is 1. The molecule has 0 spiro atoms. The van der Waals surface area contributed by atoms with Gasteiger partial charge < -0.3 is 5.11 Å². The molecule has 0 aliphatic carbocycles. The van der Waals surface area contributed by atoms with Gasteiger partial charge in [0.05, 0.1) is 0 Å². The fourth-order valence-electron chi connectivity index (χ4n) is 1.19. The van der Waals surface area contributed by atoms with E-state index in [-0.39, 0.29) is 11.2 Å². The minimum Gasteiger partial charge on any atom is -0.476 e. The van der Waals surface area contributed by atoms with Crippen LogP contribution in [0.4, 0.5) is 4.39 Å². The number of hydrogen-bond acceptors (Lipinski definition) is 3. The molecule has 0 unspecified atom stereocenters. The summed E-state index contributed by atoms with van der Waals surface area (Å²) in [5, 5.41) is 16.0. The number of hydrogen-bond donors (Lipinski definition) is 1. The van der Waals surface area contributed by atoms with Gasteiger partial charge in [-0.1, -0.05) is 15.9 Å². The Morgan fingerprint density at radius 2 is 2.07 bits per heavy atom. The third-order valence-electron chi connectivity index (χ3n) is 1.83. The van der Waals surface area contributed by atoms with Crippen molar-refractivity contribution in [2.45, 2.75) is 0 Å². The van der Waals surface area contributed by atoms with Crippen molar-refractivity contribution >= 4 is 32.8 Å². The van der Waals surface area contributed by atoms with Gasteiger partial charge >= 0.3 is 5.97 Å². The summed E-state index contributed by atoms with van der Waals surface area (Å²) >= 11 is 3.11. The molecule has 1 N–H and O–H groups in total. The Hall–Kier alpha value is -1.56. The number of aromatic nitrogens is 2. The van der Waals surface area contributed by atoms with Crippen molar-refractivity contribution < 1.29 is 14.3 Å². The molecule has 0 bridgehead atoms. The lowest BCUT2D eigenvalue weighted by Crippen LogP contribution is -2.02. The van der Waals surface area contributed by atoms with Crippen LogP contribution in [0.1, 0.15) is 10.5 Å². The van der Waals surface area contributed by atoms with Gasteiger partial charge in [0.25, 0.3) is 0 Å². The fraction of sp³-hybridized carbons (Fsp3) is 0. The summed E-state index contributed by atoms with van der Waals surface area (Å²) in [6, 6.07) is 4.11. The first-order chi connectivity index (χ1) is 7.08. The van der Waals surface area contributed by atoms with E-state index in [4.69, 9.17) is 5.11 Å². The number of carbonyl (C=O) groups is 1. The van der Waals surface area contributed by atoms with Crippen molar-refractivity contribution in [2.75, 3.05) is 0 Å². The zero-order valence-electron chi connectivity index (χ0n) is 7.24. The Labute approximate surface area is 91.9 Å². The van der Waals surface area contributed by atoms with Gasteiger partial charge in [-0.2, -0.15) is 0 Å². The van der Waals surface area contributed by atoms with Gasteiger partial charge in [0, 0.05) is 9.86 Å². The Kier molecular flexibility index (Phi) is 2.36. The molecular weight excluding hydrogens is 267 g/mol. The summed E-state index contributed by atoms with van der Waals surface area (Å²) in [6.45, 7) is 0. The van der Waals surface area contributed by atoms with Gasteiger partial charge in [0.15, 0.2) is 11.5 Å². The van der Waals surface area contributed by atoms with Crippen molar-refractivity contribution in [3.05, 3.63) is 34.2 Å². The summed E-state index contributed by atoms with van der Waals surface area (Å²) in [4.78, 5) is 10.6. The maximum Gasteiger partial charge on any atom is 0.356 e. The molecule has 1 heterocycles. The number of fused-ring (bicyclic) bond motifs is 1. The highest BCUT2D eigenvalue weighted by Crippen LogP contribution is 2.21. The van der Waals surface area contributed by atoms with E-state index in [1.165, 1.54) is 12.1 Å². The van der Waals surface area contributed by atoms with Gasteiger partial charge in [-0.15, -0.1) is 10.2 Å². The third kappa shape index (κ3) is 1.80. The SMILES string of the molecule is O=C(O)c1cc2cc(Br)cc(F)c2nn1. The highest BCUT2D eigenvalue weighted by Gasteiger charge is 2.10. The van der Waals surface area contributed by atoms with Crippen molar-refractivity contribution in [2.24, 2.45) is 0 Å². The lowest BCUT2D eigenvalue weighted by atomic mass is 10.2. The second-order valence-electron chi connectivity index (χ2n) is 2.86. The summed E-state index contributed by atoms with van der Waals surface area (Å²) in [7, 11) is 0. The highest BCUT2D eigenvalue weighted by atomic mass is 79.9. The number of benzene rings is 1. The van der Waals surface area contributed by atoms with Crippen LogP contribution in [-0.4, -0.2) is 21.3 Å². The summed E-state index contributed by atoms with van der Waals surface area (Å²) in [6.07, 6.45) is 0. The van der Waals surface area contributed by atoms with Crippen LogP contribution in [0.25, 0.3) is 10.9 Å². The number of halogens is 2. The van der Waals surface area contributed by atoms with Gasteiger partial charge in [-0.05, 0) is 18.2 Å². The standard InChI is InChI=1S/C9H4BrFN2O2/c10-5-1-4-2-7(9(14)15)12-13-8(4)6(11)3-5/h1-3H,(H,14,15). The van der Waals surface area contributed by atoms with Crippen molar-refractivity contribution in [3.8, 4) is 0 Å². The van der Waals surface area contributed by atoms with Crippen LogP contribution in [0.15, 0.2) is 22.7 Å². The van der Waals surface area contributed by atoms with Crippen molar-refractivity contribution in [1.29, 1.82) is 0 Å². The second-order valence-corrected chi connectivity index (χ2v) is 3.78. The Morgan fingerprint density at radius 1 is 1.33 bits per heavy atom. The van der Waals surface area contributed by atoms with Crippen LogP contribution in [0, 0.1) is 5.82 Å². The van der Waals surface area contributed by atoms with E-state index >= 15 is 0 Å². The summed E-state index contributed by atoms with van der Waals surface area (Å²) in [5.41, 5.74) is -0.150. The second kappa shape index (κ2) is 3.54. The molecule has 0 atom stereocenters. The molecule has 15 heavy (non-hydrogen) atoms. The van der Waals surface area contributed by atoms with Gasteiger partial charge in [-0.3, -0.25) is 0 Å². The van der Waals surface area contributed by atoms with Crippen molar-refractivity contribution in [3.63, 3.8) is 0 Å². The molecule has 0 saturated carbocycles. The summed E-state index contributed by atoms with van der Waals surface area (Å²) in [5.74, 6) is -1.73. The smallest absolute Gasteiger partial charge is 0.356 e.